The second-order valence-corrected chi connectivity index (χ2v) is 17.0. The van der Waals surface area contributed by atoms with Gasteiger partial charge in [-0.1, -0.05) is 6.07 Å². The number of halogens is 2. The van der Waals surface area contributed by atoms with Crippen LogP contribution in [0.4, 0.5) is 0 Å². The number of para-hydroxylation sites is 1. The monoisotopic (exact) mass is 653 g/mol. The van der Waals surface area contributed by atoms with E-state index in [1.165, 1.54) is 11.8 Å². The Morgan fingerprint density at radius 2 is 1.73 bits per heavy atom. The van der Waals surface area contributed by atoms with Crippen LogP contribution in [0.15, 0.2) is 95.3 Å². The van der Waals surface area contributed by atoms with Gasteiger partial charge in [0.15, 0.2) is 0 Å². The third-order valence-corrected chi connectivity index (χ3v) is 10.7. The quantitative estimate of drug-likeness (QED) is 0.239. The van der Waals surface area contributed by atoms with E-state index in [1.54, 1.807) is 7.11 Å². The van der Waals surface area contributed by atoms with Gasteiger partial charge in [0.25, 0.3) is 0 Å². The molecule has 3 aromatic carbocycles. The van der Waals surface area contributed by atoms with E-state index in [2.05, 4.69) is 33.8 Å². The summed E-state index contributed by atoms with van der Waals surface area (Å²) >= 11 is 13.8. The SMILES string of the molecule is COc1ccccc1[C@H]1C(C(=O)NCC[As](C)C)=C(Cc2ccccc2)N=C2SC(c3c(Cl)cccc3Cl)=CN21. The summed E-state index contributed by atoms with van der Waals surface area (Å²) in [5.74, 6) is 0.596. The molecule has 0 saturated carbocycles. The molecular weight excluding hydrogens is 624 g/mol. The van der Waals surface area contributed by atoms with Gasteiger partial charge in [-0.2, -0.15) is 0 Å². The summed E-state index contributed by atoms with van der Waals surface area (Å²) in [5.41, 5.74) is 8.66. The Balaban J connectivity index is 1.67. The summed E-state index contributed by atoms with van der Waals surface area (Å²) in [6.07, 6.45) is 2.52. The van der Waals surface area contributed by atoms with Crippen molar-refractivity contribution in [2.24, 2.45) is 4.99 Å². The molecule has 0 fully saturated rings. The van der Waals surface area contributed by atoms with Gasteiger partial charge < -0.3 is 0 Å². The molecule has 0 aromatic heterocycles. The normalized spacial score (nSPS) is 16.6. The van der Waals surface area contributed by atoms with Gasteiger partial charge in [-0.3, -0.25) is 0 Å². The van der Waals surface area contributed by atoms with Gasteiger partial charge in [-0.25, -0.2) is 0 Å². The molecule has 2 heterocycles. The summed E-state index contributed by atoms with van der Waals surface area (Å²) in [5, 5.41) is 6.13. The second-order valence-electron chi connectivity index (χ2n) is 9.72. The fourth-order valence-electron chi connectivity index (χ4n) is 4.81. The van der Waals surface area contributed by atoms with Gasteiger partial charge in [0.05, 0.1) is 0 Å². The third-order valence-electron chi connectivity index (χ3n) is 6.72. The average Bonchev–Trinajstić information content (AvgIpc) is 3.35. The number of nitrogens with zero attached hydrogens (tertiary/aromatic N) is 2. The number of fused-ring (bicyclic) bond motifs is 1. The molecule has 0 saturated heterocycles. The molecule has 1 amide bonds. The van der Waals surface area contributed by atoms with Gasteiger partial charge >= 0.3 is 250 Å². The molecule has 1 N–H and O–H groups in total. The number of aliphatic imine (C=N–C) groups is 1. The van der Waals surface area contributed by atoms with E-state index in [4.69, 9.17) is 32.9 Å². The first-order valence-electron chi connectivity index (χ1n) is 12.9. The Bertz CT molecular complexity index is 1490. The van der Waals surface area contributed by atoms with Gasteiger partial charge in [-0.15, -0.1) is 0 Å². The molecule has 0 unspecified atom stereocenters. The third kappa shape index (κ3) is 6.16. The minimum absolute atomic E-state index is 0.108. The molecule has 206 valence electrons. The number of rotatable bonds is 9. The van der Waals surface area contributed by atoms with Crippen molar-refractivity contribution in [2.75, 3.05) is 13.7 Å². The van der Waals surface area contributed by atoms with E-state index >= 15 is 0 Å². The first-order valence-corrected chi connectivity index (χ1v) is 19.6. The number of ether oxygens (including phenoxy) is 1. The first kappa shape index (κ1) is 28.9. The number of amides is 1. The van der Waals surface area contributed by atoms with Crippen LogP contribution in [0.25, 0.3) is 4.91 Å². The standard InChI is InChI=1S/C31H30AsCl2N3O2S/c1-32(2)16-17-35-30(38)28-24(18-20-10-5-4-6-11-20)36-31-37(29(28)21-12-7-8-15-25(21)39-3)19-26(40-31)27-22(33)13-9-14-23(27)34/h4-15,19,29H,16-18H2,1-3H3,(H,35,38)/t29-/m0/s1. The van der Waals surface area contributed by atoms with Crippen molar-refractivity contribution in [3.05, 3.63) is 117 Å². The number of carbonyl (C=O) groups excluding carboxylic acids is 1. The van der Waals surface area contributed by atoms with Gasteiger partial charge in [-0.05, 0) is 0 Å². The molecule has 5 rings (SSSR count). The van der Waals surface area contributed by atoms with E-state index in [9.17, 15) is 4.79 Å². The second kappa shape index (κ2) is 12.9. The van der Waals surface area contributed by atoms with E-state index in [0.29, 0.717) is 34.3 Å². The zero-order valence-electron chi connectivity index (χ0n) is 22.5. The summed E-state index contributed by atoms with van der Waals surface area (Å²) in [4.78, 5) is 22.1. The van der Waals surface area contributed by atoms with Crippen molar-refractivity contribution in [1.29, 1.82) is 0 Å². The Morgan fingerprint density at radius 3 is 2.42 bits per heavy atom. The Morgan fingerprint density at radius 1 is 1.02 bits per heavy atom. The maximum absolute atomic E-state index is 14.1. The van der Waals surface area contributed by atoms with E-state index in [0.717, 1.165) is 37.7 Å². The van der Waals surface area contributed by atoms with Gasteiger partial charge in [0, 0.05) is 0 Å². The number of thioether (sulfide) groups is 1. The van der Waals surface area contributed by atoms with Gasteiger partial charge in [0.1, 0.15) is 0 Å². The molecule has 2 aliphatic rings. The van der Waals surface area contributed by atoms with Crippen LogP contribution in [0.3, 0.4) is 0 Å². The predicted octanol–water partition coefficient (Wildman–Crippen LogP) is 7.83. The number of methoxy groups -OCH3 is 1. The van der Waals surface area contributed by atoms with Crippen molar-refractivity contribution < 1.29 is 9.53 Å². The van der Waals surface area contributed by atoms with Crippen LogP contribution in [0.1, 0.15) is 22.7 Å². The van der Waals surface area contributed by atoms with E-state index in [1.807, 2.05) is 66.9 Å². The topological polar surface area (TPSA) is 53.9 Å². The number of allylic oxidation sites excluding steroid dienone is 1. The predicted molar refractivity (Wildman–Crippen MR) is 170 cm³/mol. The number of amidine groups is 1. The van der Waals surface area contributed by atoms with Crippen LogP contribution in [0.5, 0.6) is 5.75 Å². The molecule has 0 spiro atoms. The number of hydrogen-bond acceptors (Lipinski definition) is 5. The molecule has 5 nitrogen and oxygen atoms in total. The van der Waals surface area contributed by atoms with Crippen LogP contribution >= 0.6 is 35.0 Å². The van der Waals surface area contributed by atoms with Crippen LogP contribution in [0, 0.1) is 0 Å². The number of nitrogens with one attached hydrogen (secondary N) is 1. The fraction of sp³-hybridized carbons (Fsp3) is 0.226. The Kier molecular flexibility index (Phi) is 9.32. The number of benzene rings is 3. The molecule has 0 radical (unpaired) electrons. The van der Waals surface area contributed by atoms with E-state index < -0.39 is 20.7 Å². The van der Waals surface area contributed by atoms with Crippen molar-refractivity contribution >= 4 is 65.6 Å². The van der Waals surface area contributed by atoms with Gasteiger partial charge in [0.2, 0.25) is 0 Å². The van der Waals surface area contributed by atoms with Crippen molar-refractivity contribution in [3.8, 4) is 5.75 Å². The molecular formula is C31H30AsCl2N3O2S. The molecule has 9 heteroatoms. The zero-order valence-corrected chi connectivity index (χ0v) is 26.7. The first-order chi connectivity index (χ1) is 19.4. The molecule has 0 aliphatic carbocycles. The summed E-state index contributed by atoms with van der Waals surface area (Å²) in [6, 6.07) is 23.0. The van der Waals surface area contributed by atoms with E-state index in [-0.39, 0.29) is 5.91 Å². The molecule has 3 aromatic rings. The Labute approximate surface area is 254 Å². The van der Waals surface area contributed by atoms with Crippen LogP contribution in [-0.4, -0.2) is 44.3 Å². The average molecular weight is 654 g/mol. The summed E-state index contributed by atoms with van der Waals surface area (Å²) in [7, 11) is 1.65. The molecule has 2 aliphatic heterocycles. The van der Waals surface area contributed by atoms with Crippen molar-refractivity contribution in [2.45, 2.75) is 29.1 Å². The van der Waals surface area contributed by atoms with Crippen LogP contribution < -0.4 is 10.1 Å². The number of carbonyl (C=O) groups is 1. The fourth-order valence-corrected chi connectivity index (χ4v) is 7.80. The molecule has 1 atom stereocenters. The molecule has 40 heavy (non-hydrogen) atoms. The Hall–Kier alpha value is -2.63. The zero-order chi connectivity index (χ0) is 28.2. The summed E-state index contributed by atoms with van der Waals surface area (Å²) in [6.45, 7) is 0.647. The van der Waals surface area contributed by atoms with Crippen molar-refractivity contribution in [1.82, 2.24) is 10.2 Å². The van der Waals surface area contributed by atoms with Crippen molar-refractivity contribution in [3.63, 3.8) is 0 Å². The van der Waals surface area contributed by atoms with Crippen LogP contribution in [0.2, 0.25) is 26.7 Å². The molecule has 0 bridgehead atoms. The van der Waals surface area contributed by atoms with Crippen LogP contribution in [-0.2, 0) is 11.2 Å². The number of hydrogen-bond donors (Lipinski definition) is 1. The maximum atomic E-state index is 14.1. The summed E-state index contributed by atoms with van der Waals surface area (Å²) < 4.78 is 5.81. The minimum atomic E-state index is -0.896.